The maximum Gasteiger partial charge on any atom is 0.407 e. The summed E-state index contributed by atoms with van der Waals surface area (Å²) in [5, 5.41) is 15.1. The summed E-state index contributed by atoms with van der Waals surface area (Å²) in [6, 6.07) is 16.1. The van der Waals surface area contributed by atoms with Gasteiger partial charge in [0.15, 0.2) is 0 Å². The minimum Gasteiger partial charge on any atom is -0.481 e. The molecule has 2 aromatic rings. The average molecular weight is 473 g/mol. The topological polar surface area (TPSA) is 105 Å². The molecule has 0 spiro atoms. The molecule has 4 aliphatic rings. The number of aliphatic carboxylic acids is 1. The molecule has 6 rings (SSSR count). The Balaban J connectivity index is 1.03. The van der Waals surface area contributed by atoms with Crippen molar-refractivity contribution < 1.29 is 24.2 Å². The summed E-state index contributed by atoms with van der Waals surface area (Å²) < 4.78 is 5.67. The van der Waals surface area contributed by atoms with Crippen LogP contribution in [-0.2, 0) is 14.3 Å². The molecule has 7 heteroatoms. The first-order valence-corrected chi connectivity index (χ1v) is 12.3. The second kappa shape index (κ2) is 8.26. The number of alkyl carbamates (subject to hydrolysis) is 1. The molecule has 2 saturated carbocycles. The highest BCUT2D eigenvalue weighted by atomic mass is 16.5. The van der Waals surface area contributed by atoms with Crippen LogP contribution in [0.5, 0.6) is 0 Å². The summed E-state index contributed by atoms with van der Waals surface area (Å²) in [5.41, 5.74) is 4.27. The SMILES string of the molecule is O=C(N[C@H]1C[C@@H]2C[C@]2(C(=O)NC2C=CC(C(=O)O)C2)C1)OCC1c2ccccc2-c2ccccc21. The highest BCUT2D eigenvalue weighted by Gasteiger charge is 2.65. The lowest BCUT2D eigenvalue weighted by Gasteiger charge is -2.20. The molecule has 0 heterocycles. The van der Waals surface area contributed by atoms with Crippen molar-refractivity contribution in [2.24, 2.45) is 17.3 Å². The lowest BCUT2D eigenvalue weighted by molar-refractivity contribution is -0.140. The third-order valence-corrected chi connectivity index (χ3v) is 8.25. The smallest absolute Gasteiger partial charge is 0.407 e. The van der Waals surface area contributed by atoms with E-state index < -0.39 is 23.4 Å². The van der Waals surface area contributed by atoms with E-state index in [1.165, 1.54) is 22.3 Å². The molecule has 0 aromatic heterocycles. The van der Waals surface area contributed by atoms with Crippen molar-refractivity contribution in [2.45, 2.75) is 43.7 Å². The monoisotopic (exact) mass is 472 g/mol. The minimum atomic E-state index is -0.867. The van der Waals surface area contributed by atoms with Crippen LogP contribution in [0.15, 0.2) is 60.7 Å². The number of carboxylic acids is 1. The lowest BCUT2D eigenvalue weighted by Crippen LogP contribution is -2.41. The van der Waals surface area contributed by atoms with Gasteiger partial charge in [0.2, 0.25) is 5.91 Å². The number of fused-ring (bicyclic) bond motifs is 4. The average Bonchev–Trinajstić information content (AvgIpc) is 3.18. The van der Waals surface area contributed by atoms with Gasteiger partial charge in [-0.25, -0.2) is 4.79 Å². The standard InChI is InChI=1S/C28H28N2O5/c31-25(32)16-9-10-18(11-16)29-26(33)28-13-17(28)12-19(14-28)30-27(34)35-15-24-22-7-3-1-5-20(22)21-6-2-4-8-23(21)24/h1-10,16-19,24H,11-15H2,(H,29,33)(H,30,34)(H,31,32)/t16?,17-,18?,19+,28+/m1/s1. The molecule has 0 bridgehead atoms. The van der Waals surface area contributed by atoms with Crippen LogP contribution in [0, 0.1) is 17.3 Å². The van der Waals surface area contributed by atoms with Gasteiger partial charge in [0, 0.05) is 18.0 Å². The van der Waals surface area contributed by atoms with Crippen LogP contribution < -0.4 is 10.6 Å². The fourth-order valence-corrected chi connectivity index (χ4v) is 6.39. The Bertz CT molecular complexity index is 1190. The van der Waals surface area contributed by atoms with E-state index >= 15 is 0 Å². The van der Waals surface area contributed by atoms with Crippen LogP contribution >= 0.6 is 0 Å². The van der Waals surface area contributed by atoms with Crippen LogP contribution in [0.1, 0.15) is 42.7 Å². The number of carbonyl (C=O) groups is 3. The fourth-order valence-electron chi connectivity index (χ4n) is 6.39. The van der Waals surface area contributed by atoms with Gasteiger partial charge in [-0.3, -0.25) is 9.59 Å². The number of nitrogens with one attached hydrogen (secondary N) is 2. The lowest BCUT2D eigenvalue weighted by atomic mass is 9.98. The summed E-state index contributed by atoms with van der Waals surface area (Å²) in [7, 11) is 0. The molecule has 5 atom stereocenters. The number of rotatable bonds is 6. The van der Waals surface area contributed by atoms with Crippen molar-refractivity contribution in [3.8, 4) is 11.1 Å². The Morgan fingerprint density at radius 3 is 2.26 bits per heavy atom. The number of hydrogen-bond acceptors (Lipinski definition) is 4. The Hall–Kier alpha value is -3.61. The van der Waals surface area contributed by atoms with Crippen LogP contribution in [0.4, 0.5) is 4.79 Å². The van der Waals surface area contributed by atoms with Crippen molar-refractivity contribution in [1.29, 1.82) is 0 Å². The van der Waals surface area contributed by atoms with E-state index in [0.29, 0.717) is 12.8 Å². The van der Waals surface area contributed by atoms with Gasteiger partial charge in [-0.15, -0.1) is 0 Å². The van der Waals surface area contributed by atoms with Gasteiger partial charge in [-0.1, -0.05) is 60.7 Å². The largest absolute Gasteiger partial charge is 0.481 e. The quantitative estimate of drug-likeness (QED) is 0.554. The Morgan fingerprint density at radius 1 is 0.914 bits per heavy atom. The molecule has 35 heavy (non-hydrogen) atoms. The Labute approximate surface area is 203 Å². The molecule has 2 unspecified atom stereocenters. The summed E-state index contributed by atoms with van der Waals surface area (Å²) in [6.07, 6.45) is 5.53. The van der Waals surface area contributed by atoms with E-state index in [9.17, 15) is 14.4 Å². The fraction of sp³-hybridized carbons (Fsp3) is 0.393. The van der Waals surface area contributed by atoms with Gasteiger partial charge in [0.05, 0.1) is 11.3 Å². The third kappa shape index (κ3) is 3.79. The van der Waals surface area contributed by atoms with Gasteiger partial charge in [0.1, 0.15) is 6.61 Å². The van der Waals surface area contributed by atoms with Crippen molar-refractivity contribution in [1.82, 2.24) is 10.6 Å². The first kappa shape index (κ1) is 21.9. The zero-order valence-electron chi connectivity index (χ0n) is 19.3. The number of hydrogen-bond donors (Lipinski definition) is 3. The molecule has 4 aliphatic carbocycles. The maximum absolute atomic E-state index is 13.0. The number of ether oxygens (including phenoxy) is 1. The van der Waals surface area contributed by atoms with E-state index in [0.717, 1.165) is 12.8 Å². The molecule has 0 radical (unpaired) electrons. The number of benzene rings is 2. The number of carboxylic acid groups (broad SMARTS) is 1. The molecular formula is C28H28N2O5. The van der Waals surface area contributed by atoms with E-state index in [2.05, 4.69) is 34.9 Å². The molecular weight excluding hydrogens is 444 g/mol. The summed E-state index contributed by atoms with van der Waals surface area (Å²) in [4.78, 5) is 36.8. The molecule has 0 saturated heterocycles. The van der Waals surface area contributed by atoms with Crippen LogP contribution in [0.3, 0.4) is 0 Å². The van der Waals surface area contributed by atoms with Gasteiger partial charge < -0.3 is 20.5 Å². The van der Waals surface area contributed by atoms with E-state index in [-0.39, 0.29) is 36.4 Å². The van der Waals surface area contributed by atoms with Gasteiger partial charge >= 0.3 is 12.1 Å². The van der Waals surface area contributed by atoms with Gasteiger partial charge in [-0.05, 0) is 53.9 Å². The van der Waals surface area contributed by atoms with Crippen LogP contribution in [0.25, 0.3) is 11.1 Å². The van der Waals surface area contributed by atoms with Gasteiger partial charge in [0.25, 0.3) is 0 Å². The molecule has 2 amide bonds. The van der Waals surface area contributed by atoms with Crippen LogP contribution in [0.2, 0.25) is 0 Å². The van der Waals surface area contributed by atoms with E-state index in [1.807, 2.05) is 24.3 Å². The van der Waals surface area contributed by atoms with Crippen molar-refractivity contribution in [3.05, 3.63) is 71.8 Å². The summed E-state index contributed by atoms with van der Waals surface area (Å²) >= 11 is 0. The molecule has 0 aliphatic heterocycles. The first-order chi connectivity index (χ1) is 16.9. The molecule has 2 fully saturated rings. The molecule has 2 aromatic carbocycles. The van der Waals surface area contributed by atoms with E-state index in [4.69, 9.17) is 9.84 Å². The highest BCUT2D eigenvalue weighted by molar-refractivity contribution is 5.87. The zero-order valence-corrected chi connectivity index (χ0v) is 19.3. The van der Waals surface area contributed by atoms with Crippen LogP contribution in [-0.4, -0.2) is 41.8 Å². The Kier molecular flexibility index (Phi) is 5.16. The van der Waals surface area contributed by atoms with Crippen molar-refractivity contribution >= 4 is 18.0 Å². The van der Waals surface area contributed by atoms with Gasteiger partial charge in [-0.2, -0.15) is 0 Å². The molecule has 3 N–H and O–H groups in total. The predicted octanol–water partition coefficient (Wildman–Crippen LogP) is 3.84. The summed E-state index contributed by atoms with van der Waals surface area (Å²) in [5.74, 6) is -1.17. The number of carbonyl (C=O) groups excluding carboxylic acids is 2. The normalized spacial score (nSPS) is 29.7. The maximum atomic E-state index is 13.0. The first-order valence-electron chi connectivity index (χ1n) is 12.3. The predicted molar refractivity (Wildman–Crippen MR) is 129 cm³/mol. The zero-order chi connectivity index (χ0) is 24.2. The third-order valence-electron chi connectivity index (χ3n) is 8.25. The highest BCUT2D eigenvalue weighted by Crippen LogP contribution is 2.63. The number of amides is 2. The summed E-state index contributed by atoms with van der Waals surface area (Å²) in [6.45, 7) is 0.264. The van der Waals surface area contributed by atoms with Crippen molar-refractivity contribution in [3.63, 3.8) is 0 Å². The van der Waals surface area contributed by atoms with Crippen molar-refractivity contribution in [2.75, 3.05) is 6.61 Å². The molecule has 180 valence electrons. The molecule has 7 nitrogen and oxygen atoms in total. The Morgan fingerprint density at radius 2 is 1.60 bits per heavy atom. The van der Waals surface area contributed by atoms with E-state index in [1.54, 1.807) is 12.2 Å². The second-order valence-electron chi connectivity index (χ2n) is 10.3. The minimum absolute atomic E-state index is 0.0105. The second-order valence-corrected chi connectivity index (χ2v) is 10.3.